The summed E-state index contributed by atoms with van der Waals surface area (Å²) < 4.78 is 6.78. The summed E-state index contributed by atoms with van der Waals surface area (Å²) >= 11 is 0. The molecular weight excluding hydrogens is 332 g/mol. The van der Waals surface area contributed by atoms with Crippen molar-refractivity contribution >= 4 is 5.91 Å². The number of carbonyl (C=O) groups is 1. The Morgan fingerprint density at radius 1 is 1.35 bits per heavy atom. The average molecular weight is 358 g/mol. The zero-order chi connectivity index (χ0) is 18.7. The summed E-state index contributed by atoms with van der Waals surface area (Å²) in [4.78, 5) is 16.3. The fourth-order valence-corrected chi connectivity index (χ4v) is 3.45. The molecule has 0 aliphatic carbocycles. The lowest BCUT2D eigenvalue weighted by atomic mass is 10.0. The molecule has 7 nitrogen and oxygen atoms in total. The van der Waals surface area contributed by atoms with Crippen LogP contribution in [0.1, 0.15) is 22.5 Å². The van der Waals surface area contributed by atoms with Gasteiger partial charge in [0.1, 0.15) is 11.4 Å². The average Bonchev–Trinajstić information content (AvgIpc) is 3.21. The van der Waals surface area contributed by atoms with Crippen LogP contribution in [0.5, 0.6) is 5.75 Å². The second kappa shape index (κ2) is 7.47. The van der Waals surface area contributed by atoms with Gasteiger partial charge in [-0.15, -0.1) is 0 Å². The highest BCUT2D eigenvalue weighted by atomic mass is 16.5. The lowest BCUT2D eigenvalue weighted by Gasteiger charge is -2.29. The van der Waals surface area contributed by atoms with Crippen LogP contribution in [0.15, 0.2) is 36.5 Å². The van der Waals surface area contributed by atoms with E-state index in [4.69, 9.17) is 4.74 Å². The van der Waals surface area contributed by atoms with E-state index in [9.17, 15) is 9.90 Å². The van der Waals surface area contributed by atoms with E-state index in [2.05, 4.69) is 10.00 Å². The Balaban J connectivity index is 1.56. The minimum absolute atomic E-state index is 0.126. The standard InChI is InChI=1S/C19H26N4O3/c1-21(12-15-4-6-16(26-3)7-5-15)13-19(25)9-11-23(14-19)18(24)17-8-10-22(2)20-17/h4-8,10,25H,9,11-14H2,1-3H3. The number of carbonyl (C=O) groups excluding carboxylic acids is 1. The first-order chi connectivity index (χ1) is 12.4. The number of methoxy groups -OCH3 is 1. The number of aryl methyl sites for hydroxylation is 1. The molecule has 140 valence electrons. The molecule has 1 aliphatic rings. The van der Waals surface area contributed by atoms with Gasteiger partial charge in [-0.1, -0.05) is 12.1 Å². The first-order valence-corrected chi connectivity index (χ1v) is 8.71. The van der Waals surface area contributed by atoms with Crippen molar-refractivity contribution in [1.29, 1.82) is 0 Å². The van der Waals surface area contributed by atoms with E-state index in [1.54, 1.807) is 36.0 Å². The number of β-amino-alcohol motifs (C(OH)–C–C–N with tert-alkyl or cyclic N) is 1. The number of hydrogen-bond acceptors (Lipinski definition) is 5. The molecule has 1 N–H and O–H groups in total. The van der Waals surface area contributed by atoms with Crippen molar-refractivity contribution in [3.05, 3.63) is 47.8 Å². The molecule has 1 saturated heterocycles. The lowest BCUT2D eigenvalue weighted by Crippen LogP contribution is -2.44. The second-order valence-corrected chi connectivity index (χ2v) is 7.10. The molecule has 0 radical (unpaired) electrons. The molecule has 1 aromatic heterocycles. The Hall–Kier alpha value is -2.38. The van der Waals surface area contributed by atoms with E-state index in [0.29, 0.717) is 31.7 Å². The molecule has 0 spiro atoms. The van der Waals surface area contributed by atoms with E-state index in [1.807, 2.05) is 31.3 Å². The summed E-state index contributed by atoms with van der Waals surface area (Å²) in [5.74, 6) is 0.703. The predicted molar refractivity (Wildman–Crippen MR) is 98.0 cm³/mol. The SMILES string of the molecule is COc1ccc(CN(C)CC2(O)CCN(C(=O)c3ccn(C)n3)C2)cc1. The Kier molecular flexibility index (Phi) is 5.29. The molecule has 26 heavy (non-hydrogen) atoms. The largest absolute Gasteiger partial charge is 0.497 e. The van der Waals surface area contributed by atoms with E-state index in [1.165, 1.54) is 0 Å². The van der Waals surface area contributed by atoms with Crippen LogP contribution in [0.4, 0.5) is 0 Å². The van der Waals surface area contributed by atoms with Crippen LogP contribution in [-0.4, -0.2) is 70.0 Å². The number of amides is 1. The Bertz CT molecular complexity index is 758. The van der Waals surface area contributed by atoms with Crippen molar-refractivity contribution in [2.75, 3.05) is 33.8 Å². The van der Waals surface area contributed by atoms with Crippen LogP contribution in [0.3, 0.4) is 0 Å². The maximum absolute atomic E-state index is 12.5. The summed E-state index contributed by atoms with van der Waals surface area (Å²) in [6.45, 7) is 2.10. The number of aromatic nitrogens is 2. The minimum Gasteiger partial charge on any atom is -0.497 e. The summed E-state index contributed by atoms with van der Waals surface area (Å²) in [5.41, 5.74) is 0.672. The molecule has 1 aromatic carbocycles. The first-order valence-electron chi connectivity index (χ1n) is 8.71. The number of hydrogen-bond donors (Lipinski definition) is 1. The molecule has 0 bridgehead atoms. The van der Waals surface area contributed by atoms with Crippen molar-refractivity contribution in [1.82, 2.24) is 19.6 Å². The fraction of sp³-hybridized carbons (Fsp3) is 0.474. The monoisotopic (exact) mass is 358 g/mol. The van der Waals surface area contributed by atoms with E-state index >= 15 is 0 Å². The van der Waals surface area contributed by atoms with Crippen LogP contribution in [0.25, 0.3) is 0 Å². The number of benzene rings is 1. The summed E-state index contributed by atoms with van der Waals surface area (Å²) in [6, 6.07) is 9.60. The van der Waals surface area contributed by atoms with Crippen LogP contribution >= 0.6 is 0 Å². The molecule has 2 aromatic rings. The molecule has 1 aliphatic heterocycles. The van der Waals surface area contributed by atoms with Gasteiger partial charge in [0.25, 0.3) is 5.91 Å². The molecule has 0 saturated carbocycles. The van der Waals surface area contributed by atoms with Crippen LogP contribution in [0.2, 0.25) is 0 Å². The van der Waals surface area contributed by atoms with Gasteiger partial charge < -0.3 is 14.7 Å². The highest BCUT2D eigenvalue weighted by Gasteiger charge is 2.39. The number of nitrogens with zero attached hydrogens (tertiary/aromatic N) is 4. The maximum Gasteiger partial charge on any atom is 0.274 e. The Labute approximate surface area is 153 Å². The van der Waals surface area contributed by atoms with Gasteiger partial charge in [-0.25, -0.2) is 0 Å². The van der Waals surface area contributed by atoms with Crippen molar-refractivity contribution in [2.45, 2.75) is 18.6 Å². The van der Waals surface area contributed by atoms with Crippen LogP contribution in [0, 0.1) is 0 Å². The zero-order valence-electron chi connectivity index (χ0n) is 15.6. The second-order valence-electron chi connectivity index (χ2n) is 7.10. The van der Waals surface area contributed by atoms with Gasteiger partial charge in [-0.05, 0) is 37.2 Å². The molecule has 3 rings (SSSR count). The molecule has 7 heteroatoms. The lowest BCUT2D eigenvalue weighted by molar-refractivity contribution is 0.0163. The molecular formula is C19H26N4O3. The highest BCUT2D eigenvalue weighted by Crippen LogP contribution is 2.24. The van der Waals surface area contributed by atoms with E-state index < -0.39 is 5.60 Å². The van der Waals surface area contributed by atoms with Gasteiger partial charge in [-0.3, -0.25) is 14.4 Å². The zero-order valence-corrected chi connectivity index (χ0v) is 15.6. The van der Waals surface area contributed by atoms with Gasteiger partial charge in [-0.2, -0.15) is 5.10 Å². The summed E-state index contributed by atoms with van der Waals surface area (Å²) in [7, 11) is 5.41. The third kappa shape index (κ3) is 4.23. The number of likely N-dealkylation sites (N-methyl/N-ethyl adjacent to an activating group) is 1. The van der Waals surface area contributed by atoms with Gasteiger partial charge >= 0.3 is 0 Å². The highest BCUT2D eigenvalue weighted by molar-refractivity contribution is 5.92. The van der Waals surface area contributed by atoms with Crippen molar-refractivity contribution in [3.8, 4) is 5.75 Å². The normalized spacial score (nSPS) is 20.0. The van der Waals surface area contributed by atoms with E-state index in [0.717, 1.165) is 17.9 Å². The van der Waals surface area contributed by atoms with E-state index in [-0.39, 0.29) is 5.91 Å². The van der Waals surface area contributed by atoms with Gasteiger partial charge in [0, 0.05) is 32.9 Å². The van der Waals surface area contributed by atoms with Gasteiger partial charge in [0.05, 0.1) is 19.3 Å². The van der Waals surface area contributed by atoms with Crippen molar-refractivity contribution in [2.24, 2.45) is 7.05 Å². The fourth-order valence-electron chi connectivity index (χ4n) is 3.45. The number of likely N-dealkylation sites (tertiary alicyclic amines) is 1. The molecule has 1 fully saturated rings. The van der Waals surface area contributed by atoms with Crippen molar-refractivity contribution < 1.29 is 14.6 Å². The molecule has 2 heterocycles. The molecule has 1 atom stereocenters. The number of aliphatic hydroxyl groups is 1. The van der Waals surface area contributed by atoms with Gasteiger partial charge in [0.15, 0.2) is 0 Å². The third-order valence-electron chi connectivity index (χ3n) is 4.73. The van der Waals surface area contributed by atoms with Crippen LogP contribution in [-0.2, 0) is 13.6 Å². The summed E-state index contributed by atoms with van der Waals surface area (Å²) in [6.07, 6.45) is 2.32. The number of rotatable bonds is 6. The van der Waals surface area contributed by atoms with Crippen LogP contribution < -0.4 is 4.74 Å². The summed E-state index contributed by atoms with van der Waals surface area (Å²) in [5, 5.41) is 15.1. The minimum atomic E-state index is -0.897. The predicted octanol–water partition coefficient (Wildman–Crippen LogP) is 1.14. The smallest absolute Gasteiger partial charge is 0.274 e. The third-order valence-corrected chi connectivity index (χ3v) is 4.73. The number of ether oxygens (including phenoxy) is 1. The quantitative estimate of drug-likeness (QED) is 0.838. The maximum atomic E-state index is 12.5. The first kappa shape index (κ1) is 18.4. The molecule has 1 amide bonds. The molecule has 1 unspecified atom stereocenters. The topological polar surface area (TPSA) is 70.8 Å². The van der Waals surface area contributed by atoms with Gasteiger partial charge in [0.2, 0.25) is 0 Å². The Morgan fingerprint density at radius 2 is 2.08 bits per heavy atom. The van der Waals surface area contributed by atoms with Crippen molar-refractivity contribution in [3.63, 3.8) is 0 Å². The Morgan fingerprint density at radius 3 is 2.69 bits per heavy atom.